The molecule has 0 atom stereocenters. The minimum Gasteiger partial charge on any atom is -0.456 e. The fourth-order valence-electron chi connectivity index (χ4n) is 9.15. The van der Waals surface area contributed by atoms with Gasteiger partial charge < -0.3 is 13.7 Å². The molecule has 12 rings (SSSR count). The second-order valence-corrected chi connectivity index (χ2v) is 15.6. The second kappa shape index (κ2) is 14.3. The van der Waals surface area contributed by atoms with Gasteiger partial charge in [-0.1, -0.05) is 164 Å². The van der Waals surface area contributed by atoms with Gasteiger partial charge in [0.1, 0.15) is 22.3 Å². The number of nitrogens with zero attached hydrogens (tertiary/aromatic N) is 1. The van der Waals surface area contributed by atoms with Crippen LogP contribution in [0.2, 0.25) is 0 Å². The van der Waals surface area contributed by atoms with Crippen LogP contribution in [0, 0.1) is 0 Å². The molecule has 0 aliphatic heterocycles. The van der Waals surface area contributed by atoms with Crippen molar-refractivity contribution in [3.05, 3.63) is 224 Å². The van der Waals surface area contributed by atoms with E-state index in [2.05, 4.69) is 217 Å². The van der Waals surface area contributed by atoms with E-state index < -0.39 is 0 Å². The largest absolute Gasteiger partial charge is 0.456 e. The van der Waals surface area contributed by atoms with Gasteiger partial charge in [-0.05, 0) is 111 Å². The van der Waals surface area contributed by atoms with Crippen LogP contribution in [0.5, 0.6) is 0 Å². The van der Waals surface area contributed by atoms with Gasteiger partial charge in [-0.2, -0.15) is 0 Å². The van der Waals surface area contributed by atoms with Crippen LogP contribution in [0.15, 0.2) is 233 Å². The van der Waals surface area contributed by atoms with Gasteiger partial charge in [-0.3, -0.25) is 0 Å². The van der Waals surface area contributed by atoms with E-state index in [4.69, 9.17) is 8.83 Å². The molecule has 3 nitrogen and oxygen atoms in total. The van der Waals surface area contributed by atoms with Crippen LogP contribution >= 0.6 is 0 Å². The summed E-state index contributed by atoms with van der Waals surface area (Å²) < 4.78 is 12.9. The molecule has 0 N–H and O–H groups in total. The van der Waals surface area contributed by atoms with Crippen LogP contribution in [0.1, 0.15) is 0 Å². The zero-order chi connectivity index (χ0) is 40.3. The van der Waals surface area contributed by atoms with Crippen LogP contribution in [0.25, 0.3) is 99.2 Å². The molecule has 0 saturated heterocycles. The molecule has 61 heavy (non-hydrogen) atoms. The van der Waals surface area contributed by atoms with Gasteiger partial charge >= 0.3 is 0 Å². The lowest BCUT2D eigenvalue weighted by Crippen LogP contribution is -2.10. The molecule has 3 heteroatoms. The highest BCUT2D eigenvalue weighted by molar-refractivity contribution is 6.19. The average molecular weight is 780 g/mol. The Labute approximate surface area is 353 Å². The summed E-state index contributed by atoms with van der Waals surface area (Å²) in [6.45, 7) is 0. The van der Waals surface area contributed by atoms with Gasteiger partial charge in [0, 0.05) is 44.0 Å². The minimum absolute atomic E-state index is 0.884. The van der Waals surface area contributed by atoms with E-state index in [1.165, 1.54) is 27.6 Å². The highest BCUT2D eigenvalue weighted by Gasteiger charge is 2.19. The maximum atomic E-state index is 6.60. The van der Waals surface area contributed by atoms with Crippen molar-refractivity contribution < 1.29 is 8.83 Å². The van der Waals surface area contributed by atoms with E-state index in [-0.39, 0.29) is 0 Å². The summed E-state index contributed by atoms with van der Waals surface area (Å²) in [4.78, 5) is 2.35. The van der Waals surface area contributed by atoms with Crippen molar-refractivity contribution in [1.29, 1.82) is 0 Å². The summed E-state index contributed by atoms with van der Waals surface area (Å²) in [5.41, 5.74) is 16.1. The van der Waals surface area contributed by atoms with Crippen LogP contribution < -0.4 is 4.90 Å². The smallest absolute Gasteiger partial charge is 0.143 e. The fraction of sp³-hybridized carbons (Fsp3) is 0. The van der Waals surface area contributed by atoms with Crippen molar-refractivity contribution in [3.63, 3.8) is 0 Å². The Bertz CT molecular complexity index is 3560. The van der Waals surface area contributed by atoms with Gasteiger partial charge in [0.2, 0.25) is 0 Å². The van der Waals surface area contributed by atoms with E-state index >= 15 is 0 Å². The molecule has 0 amide bonds. The normalized spacial score (nSPS) is 11.6. The third-order valence-electron chi connectivity index (χ3n) is 12.1. The zero-order valence-electron chi connectivity index (χ0n) is 33.1. The van der Waals surface area contributed by atoms with Crippen molar-refractivity contribution in [2.24, 2.45) is 0 Å². The first-order valence-corrected chi connectivity index (χ1v) is 20.7. The first-order chi connectivity index (χ1) is 30.2. The third kappa shape index (κ3) is 5.98. The third-order valence-corrected chi connectivity index (χ3v) is 12.1. The minimum atomic E-state index is 0.884. The molecular weight excluding hydrogens is 743 g/mol. The molecule has 0 fully saturated rings. The number of furan rings is 2. The number of anilines is 3. The highest BCUT2D eigenvalue weighted by Crippen LogP contribution is 2.43. The summed E-state index contributed by atoms with van der Waals surface area (Å²) >= 11 is 0. The van der Waals surface area contributed by atoms with Crippen molar-refractivity contribution in [2.45, 2.75) is 0 Å². The Morgan fingerprint density at radius 3 is 1.51 bits per heavy atom. The average Bonchev–Trinajstić information content (AvgIpc) is 3.92. The molecular formula is C58H37NO2. The van der Waals surface area contributed by atoms with Gasteiger partial charge in [0.05, 0.1) is 0 Å². The lowest BCUT2D eigenvalue weighted by molar-refractivity contribution is 0.669. The molecule has 0 spiro atoms. The quantitative estimate of drug-likeness (QED) is 0.161. The number of fused-ring (bicyclic) bond motifs is 8. The number of para-hydroxylation sites is 1. The highest BCUT2D eigenvalue weighted by atomic mass is 16.3. The van der Waals surface area contributed by atoms with E-state index in [0.717, 1.165) is 88.6 Å². The molecule has 2 aromatic heterocycles. The lowest BCUT2D eigenvalue weighted by Gasteiger charge is -2.26. The van der Waals surface area contributed by atoms with Crippen LogP contribution in [0.4, 0.5) is 17.1 Å². The van der Waals surface area contributed by atoms with Gasteiger partial charge in [-0.25, -0.2) is 0 Å². The van der Waals surface area contributed by atoms with Crippen LogP contribution in [-0.4, -0.2) is 0 Å². The maximum absolute atomic E-state index is 6.60. The van der Waals surface area contributed by atoms with E-state index in [0.29, 0.717) is 0 Å². The van der Waals surface area contributed by atoms with Gasteiger partial charge in [0.25, 0.3) is 0 Å². The first-order valence-electron chi connectivity index (χ1n) is 20.7. The number of benzene rings is 10. The van der Waals surface area contributed by atoms with Crippen LogP contribution in [0.3, 0.4) is 0 Å². The molecule has 10 aromatic carbocycles. The molecule has 0 radical (unpaired) electrons. The molecule has 286 valence electrons. The van der Waals surface area contributed by atoms with Crippen molar-refractivity contribution in [2.75, 3.05) is 4.90 Å². The summed E-state index contributed by atoms with van der Waals surface area (Å²) in [5, 5.41) is 6.80. The summed E-state index contributed by atoms with van der Waals surface area (Å²) in [7, 11) is 0. The summed E-state index contributed by atoms with van der Waals surface area (Å²) in [5.74, 6) is 0. The lowest BCUT2D eigenvalue weighted by atomic mass is 9.97. The number of rotatable bonds is 7. The standard InChI is InChI=1S/C58H37NO2/c1-2-11-38(12-3-1)39-23-25-40(26-24-39)41-27-32-45(33-28-41)59(46-34-29-43(30-35-46)48-18-9-21-54-56(48)51-17-6-7-20-53(51)60-54)47-15-8-14-44(37-47)49-19-10-22-55-57(49)52-36-31-42-13-4-5-16-50(42)58(52)61-55/h1-37H. The summed E-state index contributed by atoms with van der Waals surface area (Å²) in [6.07, 6.45) is 0. The van der Waals surface area contributed by atoms with E-state index in [9.17, 15) is 0 Å². The summed E-state index contributed by atoms with van der Waals surface area (Å²) in [6, 6.07) is 79.9. The van der Waals surface area contributed by atoms with Gasteiger partial charge in [0.15, 0.2) is 0 Å². The first kappa shape index (κ1) is 34.9. The van der Waals surface area contributed by atoms with E-state index in [1.807, 2.05) is 12.1 Å². The second-order valence-electron chi connectivity index (χ2n) is 15.6. The molecule has 0 bridgehead atoms. The monoisotopic (exact) mass is 779 g/mol. The number of hydrogen-bond donors (Lipinski definition) is 0. The zero-order valence-corrected chi connectivity index (χ0v) is 33.1. The van der Waals surface area contributed by atoms with Crippen molar-refractivity contribution in [3.8, 4) is 44.5 Å². The van der Waals surface area contributed by atoms with Gasteiger partial charge in [-0.15, -0.1) is 0 Å². The molecule has 0 aliphatic rings. The molecule has 0 saturated carbocycles. The van der Waals surface area contributed by atoms with Crippen molar-refractivity contribution >= 4 is 71.7 Å². The number of hydrogen-bond acceptors (Lipinski definition) is 3. The van der Waals surface area contributed by atoms with Crippen LogP contribution in [-0.2, 0) is 0 Å². The fourth-order valence-corrected chi connectivity index (χ4v) is 9.15. The Morgan fingerprint density at radius 2 is 0.787 bits per heavy atom. The van der Waals surface area contributed by atoms with Crippen molar-refractivity contribution in [1.82, 2.24) is 0 Å². The molecule has 0 unspecified atom stereocenters. The Hall–Kier alpha value is -8.14. The predicted molar refractivity (Wildman–Crippen MR) is 255 cm³/mol. The topological polar surface area (TPSA) is 29.5 Å². The molecule has 12 aromatic rings. The molecule has 0 aliphatic carbocycles. The Morgan fingerprint density at radius 1 is 0.279 bits per heavy atom. The Balaban J connectivity index is 0.969. The maximum Gasteiger partial charge on any atom is 0.143 e. The SMILES string of the molecule is c1ccc(-c2ccc(-c3ccc(N(c4ccc(-c5cccc6oc7ccccc7c56)cc4)c4cccc(-c5cccc6oc7c8ccccc8ccc7c56)c4)cc3)cc2)cc1. The Kier molecular flexibility index (Phi) is 8.17. The predicted octanol–water partition coefficient (Wildman–Crippen LogP) is 16.8. The van der Waals surface area contributed by atoms with E-state index in [1.54, 1.807) is 0 Å². The molecule has 2 heterocycles.